The second-order valence-electron chi connectivity index (χ2n) is 5.97. The van der Waals surface area contributed by atoms with Gasteiger partial charge in [0.2, 0.25) is 0 Å². The minimum atomic E-state index is -0.117. The molecule has 2 nitrogen and oxygen atoms in total. The van der Waals surface area contributed by atoms with E-state index in [1.807, 2.05) is 13.1 Å². The highest BCUT2D eigenvalue weighted by Gasteiger charge is 2.17. The van der Waals surface area contributed by atoms with Crippen molar-refractivity contribution in [3.05, 3.63) is 29.6 Å². The van der Waals surface area contributed by atoms with Gasteiger partial charge in [-0.2, -0.15) is 0 Å². The number of nitrogens with zero attached hydrogens (tertiary/aromatic N) is 1. The number of halogens is 1. The molecule has 1 N–H and O–H groups in total. The van der Waals surface area contributed by atoms with Crippen LogP contribution in [0.4, 0.5) is 10.1 Å². The van der Waals surface area contributed by atoms with Gasteiger partial charge in [0.15, 0.2) is 0 Å². The van der Waals surface area contributed by atoms with Crippen molar-refractivity contribution in [2.24, 2.45) is 11.8 Å². The molecule has 108 valence electrons. The number of hydrogen-bond acceptors (Lipinski definition) is 2. The first-order valence-electron chi connectivity index (χ1n) is 7.12. The summed E-state index contributed by atoms with van der Waals surface area (Å²) in [6.45, 7) is 11.2. The normalized spacial score (nSPS) is 11.4. The Bertz CT molecular complexity index is 378. The van der Waals surface area contributed by atoms with Crippen molar-refractivity contribution < 1.29 is 4.39 Å². The van der Waals surface area contributed by atoms with Gasteiger partial charge in [0.1, 0.15) is 5.82 Å². The van der Waals surface area contributed by atoms with Crippen molar-refractivity contribution in [1.82, 2.24) is 5.32 Å². The summed E-state index contributed by atoms with van der Waals surface area (Å²) in [6.07, 6.45) is 0. The monoisotopic (exact) mass is 266 g/mol. The first-order valence-corrected chi connectivity index (χ1v) is 7.12. The van der Waals surface area contributed by atoms with Gasteiger partial charge < -0.3 is 10.2 Å². The van der Waals surface area contributed by atoms with Gasteiger partial charge in [-0.3, -0.25) is 0 Å². The van der Waals surface area contributed by atoms with Crippen LogP contribution >= 0.6 is 0 Å². The number of nitrogens with one attached hydrogen (secondary N) is 1. The second kappa shape index (κ2) is 7.49. The molecule has 0 radical (unpaired) electrons. The molecule has 3 heteroatoms. The van der Waals surface area contributed by atoms with Crippen molar-refractivity contribution in [3.63, 3.8) is 0 Å². The van der Waals surface area contributed by atoms with Crippen LogP contribution in [0.5, 0.6) is 0 Å². The third-order valence-electron chi connectivity index (χ3n) is 2.92. The Balaban J connectivity index is 3.11. The maximum atomic E-state index is 14.3. The van der Waals surface area contributed by atoms with Crippen molar-refractivity contribution in [1.29, 1.82) is 0 Å². The Morgan fingerprint density at radius 3 is 2.16 bits per heavy atom. The van der Waals surface area contributed by atoms with Crippen molar-refractivity contribution in [2.75, 3.05) is 25.0 Å². The fraction of sp³-hybridized carbons (Fsp3) is 0.625. The molecule has 0 aliphatic carbocycles. The topological polar surface area (TPSA) is 15.3 Å². The quantitative estimate of drug-likeness (QED) is 0.810. The van der Waals surface area contributed by atoms with Crippen molar-refractivity contribution in [3.8, 4) is 0 Å². The van der Waals surface area contributed by atoms with Gasteiger partial charge in [-0.25, -0.2) is 4.39 Å². The zero-order chi connectivity index (χ0) is 14.4. The Labute approximate surface area is 117 Å². The van der Waals surface area contributed by atoms with E-state index in [1.165, 1.54) is 0 Å². The summed E-state index contributed by atoms with van der Waals surface area (Å²) in [6, 6.07) is 5.35. The van der Waals surface area contributed by atoms with E-state index in [1.54, 1.807) is 12.1 Å². The molecule has 0 spiro atoms. The second-order valence-corrected chi connectivity index (χ2v) is 5.97. The Morgan fingerprint density at radius 1 is 1.11 bits per heavy atom. The van der Waals surface area contributed by atoms with E-state index in [9.17, 15) is 4.39 Å². The summed E-state index contributed by atoms with van der Waals surface area (Å²) in [5.41, 5.74) is 1.79. The summed E-state index contributed by atoms with van der Waals surface area (Å²) in [4.78, 5) is 2.19. The smallest absolute Gasteiger partial charge is 0.146 e. The number of para-hydroxylation sites is 1. The summed E-state index contributed by atoms with van der Waals surface area (Å²) in [7, 11) is 1.89. The average molecular weight is 266 g/mol. The summed E-state index contributed by atoms with van der Waals surface area (Å²) >= 11 is 0. The van der Waals surface area contributed by atoms with Crippen LogP contribution in [0.25, 0.3) is 0 Å². The lowest BCUT2D eigenvalue weighted by Gasteiger charge is -2.30. The summed E-state index contributed by atoms with van der Waals surface area (Å²) in [5, 5.41) is 3.12. The third-order valence-corrected chi connectivity index (χ3v) is 2.92. The van der Waals surface area contributed by atoms with Crippen LogP contribution in [0.15, 0.2) is 18.2 Å². The van der Waals surface area contributed by atoms with Crippen LogP contribution in [-0.4, -0.2) is 20.1 Å². The maximum Gasteiger partial charge on any atom is 0.146 e. The van der Waals surface area contributed by atoms with Crippen LogP contribution < -0.4 is 10.2 Å². The molecule has 0 heterocycles. The van der Waals surface area contributed by atoms with Crippen LogP contribution in [0.3, 0.4) is 0 Å². The predicted octanol–water partition coefficient (Wildman–Crippen LogP) is 3.66. The summed E-state index contributed by atoms with van der Waals surface area (Å²) in [5.74, 6) is 0.913. The van der Waals surface area contributed by atoms with E-state index in [-0.39, 0.29) is 5.82 Å². The minimum absolute atomic E-state index is 0.117. The third kappa shape index (κ3) is 4.83. The van der Waals surface area contributed by atoms with E-state index in [0.717, 1.165) is 24.3 Å². The zero-order valence-corrected chi connectivity index (χ0v) is 12.8. The zero-order valence-electron chi connectivity index (χ0n) is 12.8. The lowest BCUT2D eigenvalue weighted by atomic mass is 10.1. The molecule has 0 saturated heterocycles. The van der Waals surface area contributed by atoms with Gasteiger partial charge in [0.05, 0.1) is 5.69 Å². The molecule has 0 unspecified atom stereocenters. The minimum Gasteiger partial charge on any atom is -0.368 e. The van der Waals surface area contributed by atoms with Gasteiger partial charge in [0.25, 0.3) is 0 Å². The van der Waals surface area contributed by atoms with Crippen LogP contribution in [-0.2, 0) is 6.54 Å². The number of rotatable bonds is 7. The predicted molar refractivity (Wildman–Crippen MR) is 81.1 cm³/mol. The Kier molecular flexibility index (Phi) is 6.29. The highest BCUT2D eigenvalue weighted by Crippen LogP contribution is 2.26. The highest BCUT2D eigenvalue weighted by atomic mass is 19.1. The molecular formula is C16H27FN2. The molecule has 0 atom stereocenters. The van der Waals surface area contributed by atoms with Crippen molar-refractivity contribution in [2.45, 2.75) is 34.2 Å². The molecule has 0 bridgehead atoms. The van der Waals surface area contributed by atoms with Crippen molar-refractivity contribution >= 4 is 5.69 Å². The van der Waals surface area contributed by atoms with Crippen LogP contribution in [0, 0.1) is 17.7 Å². The largest absolute Gasteiger partial charge is 0.368 e. The van der Waals surface area contributed by atoms with E-state index >= 15 is 0 Å². The molecule has 0 aromatic heterocycles. The van der Waals surface area contributed by atoms with Gasteiger partial charge in [-0.15, -0.1) is 0 Å². The standard InChI is InChI=1S/C16H27FN2/c1-12(2)10-19(11-13(3)4)16-14(9-18-5)7-6-8-15(16)17/h6-8,12-13,18H,9-11H2,1-5H3. The van der Waals surface area contributed by atoms with Crippen LogP contribution in [0.1, 0.15) is 33.3 Å². The maximum absolute atomic E-state index is 14.3. The molecule has 19 heavy (non-hydrogen) atoms. The van der Waals surface area contributed by atoms with E-state index < -0.39 is 0 Å². The molecule has 0 amide bonds. The van der Waals surface area contributed by atoms with Crippen LogP contribution in [0.2, 0.25) is 0 Å². The lowest BCUT2D eigenvalue weighted by Crippen LogP contribution is -2.33. The van der Waals surface area contributed by atoms with E-state index in [2.05, 4.69) is 37.9 Å². The van der Waals surface area contributed by atoms with Gasteiger partial charge >= 0.3 is 0 Å². The molecule has 0 aliphatic heterocycles. The summed E-state index contributed by atoms with van der Waals surface area (Å²) < 4.78 is 14.3. The number of hydrogen-bond donors (Lipinski definition) is 1. The van der Waals surface area contributed by atoms with Gasteiger partial charge in [-0.1, -0.05) is 39.8 Å². The SMILES string of the molecule is CNCc1cccc(F)c1N(CC(C)C)CC(C)C. The molecule has 1 rings (SSSR count). The molecule has 1 aromatic carbocycles. The molecular weight excluding hydrogens is 239 g/mol. The fourth-order valence-electron chi connectivity index (χ4n) is 2.39. The molecule has 0 saturated carbocycles. The van der Waals surface area contributed by atoms with E-state index in [4.69, 9.17) is 0 Å². The number of anilines is 1. The molecule has 1 aromatic rings. The van der Waals surface area contributed by atoms with Gasteiger partial charge in [-0.05, 0) is 30.5 Å². The van der Waals surface area contributed by atoms with Gasteiger partial charge in [0, 0.05) is 19.6 Å². The molecule has 0 aliphatic rings. The van der Waals surface area contributed by atoms with E-state index in [0.29, 0.717) is 18.4 Å². The first kappa shape index (κ1) is 16.0. The lowest BCUT2D eigenvalue weighted by molar-refractivity contribution is 0.535. The Hall–Kier alpha value is -1.09. The Morgan fingerprint density at radius 2 is 1.68 bits per heavy atom. The average Bonchev–Trinajstić information content (AvgIpc) is 2.27. The fourth-order valence-corrected chi connectivity index (χ4v) is 2.39. The number of benzene rings is 1. The highest BCUT2D eigenvalue weighted by molar-refractivity contribution is 5.55. The molecule has 0 fully saturated rings. The first-order chi connectivity index (χ1) is 8.95.